The van der Waals surface area contributed by atoms with Gasteiger partial charge in [-0.2, -0.15) is 0 Å². The molecule has 0 saturated carbocycles. The Morgan fingerprint density at radius 1 is 0.431 bits per heavy atom. The SMILES string of the molecule is CCCCCC/C=C\C/C=C\CCCCCCCC(=O)OCCCC/C=C\CCCCCCCC(=O)NC(CO)C(O)CCCCCCCCCCCCCCCCCCCCCCC. The third-order valence-electron chi connectivity index (χ3n) is 13.2. The van der Waals surface area contributed by atoms with Gasteiger partial charge in [-0.25, -0.2) is 0 Å². The summed E-state index contributed by atoms with van der Waals surface area (Å²) >= 11 is 0. The molecular formula is C59H111NO5. The number of aliphatic hydroxyl groups excluding tert-OH is 2. The molecule has 0 heterocycles. The van der Waals surface area contributed by atoms with E-state index < -0.39 is 12.1 Å². The fourth-order valence-corrected chi connectivity index (χ4v) is 8.72. The van der Waals surface area contributed by atoms with Crippen LogP contribution in [0.15, 0.2) is 36.5 Å². The first-order chi connectivity index (χ1) is 32.0. The largest absolute Gasteiger partial charge is 0.466 e. The second-order valence-electron chi connectivity index (χ2n) is 19.6. The van der Waals surface area contributed by atoms with Gasteiger partial charge in [0.2, 0.25) is 5.91 Å². The minimum atomic E-state index is -0.685. The normalized spacial score (nSPS) is 12.9. The molecule has 6 heteroatoms. The maximum Gasteiger partial charge on any atom is 0.305 e. The summed E-state index contributed by atoms with van der Waals surface area (Å²) < 4.78 is 5.44. The predicted octanol–water partition coefficient (Wildman–Crippen LogP) is 17.6. The summed E-state index contributed by atoms with van der Waals surface area (Å²) in [5.74, 6) is -0.107. The molecule has 0 aromatic heterocycles. The molecule has 1 amide bonds. The molecule has 65 heavy (non-hydrogen) atoms. The van der Waals surface area contributed by atoms with E-state index in [1.54, 1.807) is 0 Å². The number of rotatable bonds is 53. The summed E-state index contributed by atoms with van der Waals surface area (Å²) in [5.41, 5.74) is 0. The Labute approximate surface area is 404 Å². The molecule has 0 fully saturated rings. The third kappa shape index (κ3) is 51.3. The molecule has 0 spiro atoms. The molecule has 0 aliphatic rings. The smallest absolute Gasteiger partial charge is 0.305 e. The van der Waals surface area contributed by atoms with Crippen molar-refractivity contribution < 1.29 is 24.5 Å². The highest BCUT2D eigenvalue weighted by molar-refractivity contribution is 5.76. The average molecular weight is 915 g/mol. The molecule has 0 bridgehead atoms. The number of unbranched alkanes of at least 4 members (excludes halogenated alkanes) is 36. The van der Waals surface area contributed by atoms with E-state index in [4.69, 9.17) is 4.74 Å². The average Bonchev–Trinajstić information content (AvgIpc) is 3.31. The van der Waals surface area contributed by atoms with Crippen LogP contribution in [0.5, 0.6) is 0 Å². The van der Waals surface area contributed by atoms with Crippen LogP contribution in [0.1, 0.15) is 303 Å². The molecule has 0 saturated heterocycles. The Morgan fingerprint density at radius 2 is 0.769 bits per heavy atom. The van der Waals surface area contributed by atoms with Crippen LogP contribution in [0.4, 0.5) is 0 Å². The van der Waals surface area contributed by atoms with Crippen molar-refractivity contribution >= 4 is 11.9 Å². The van der Waals surface area contributed by atoms with Crippen molar-refractivity contribution in [1.29, 1.82) is 0 Å². The van der Waals surface area contributed by atoms with E-state index in [9.17, 15) is 19.8 Å². The van der Waals surface area contributed by atoms with Gasteiger partial charge in [0.25, 0.3) is 0 Å². The Bertz CT molecular complexity index is 1060. The Hall–Kier alpha value is -1.92. The number of ether oxygens (including phenoxy) is 1. The third-order valence-corrected chi connectivity index (χ3v) is 13.2. The zero-order chi connectivity index (χ0) is 47.2. The lowest BCUT2D eigenvalue weighted by Crippen LogP contribution is -2.45. The highest BCUT2D eigenvalue weighted by Gasteiger charge is 2.20. The lowest BCUT2D eigenvalue weighted by atomic mass is 10.0. The molecule has 2 atom stereocenters. The van der Waals surface area contributed by atoms with Gasteiger partial charge in [-0.15, -0.1) is 0 Å². The van der Waals surface area contributed by atoms with Crippen LogP contribution in [0.3, 0.4) is 0 Å². The van der Waals surface area contributed by atoms with E-state index in [1.165, 1.54) is 173 Å². The van der Waals surface area contributed by atoms with Crippen molar-refractivity contribution in [2.24, 2.45) is 0 Å². The van der Waals surface area contributed by atoms with Crippen molar-refractivity contribution in [3.8, 4) is 0 Å². The second-order valence-corrected chi connectivity index (χ2v) is 19.6. The second kappa shape index (κ2) is 54.7. The van der Waals surface area contributed by atoms with Gasteiger partial charge >= 0.3 is 5.97 Å². The predicted molar refractivity (Wildman–Crippen MR) is 283 cm³/mol. The number of amides is 1. The number of carbonyl (C=O) groups is 2. The monoisotopic (exact) mass is 914 g/mol. The molecule has 0 radical (unpaired) electrons. The van der Waals surface area contributed by atoms with E-state index in [-0.39, 0.29) is 18.5 Å². The Morgan fingerprint density at radius 3 is 1.20 bits per heavy atom. The highest BCUT2D eigenvalue weighted by Crippen LogP contribution is 2.17. The van der Waals surface area contributed by atoms with Crippen LogP contribution in [0.2, 0.25) is 0 Å². The minimum absolute atomic E-state index is 0.0442. The maximum atomic E-state index is 12.5. The highest BCUT2D eigenvalue weighted by atomic mass is 16.5. The molecule has 0 aromatic carbocycles. The molecule has 0 rings (SSSR count). The Balaban J connectivity index is 3.52. The summed E-state index contributed by atoms with van der Waals surface area (Å²) in [5, 5.41) is 23.3. The van der Waals surface area contributed by atoms with E-state index >= 15 is 0 Å². The fraction of sp³-hybridized carbons (Fsp3) is 0.864. The van der Waals surface area contributed by atoms with Crippen LogP contribution in [-0.4, -0.2) is 47.4 Å². The van der Waals surface area contributed by atoms with Gasteiger partial charge in [-0.05, 0) is 83.5 Å². The van der Waals surface area contributed by atoms with Gasteiger partial charge < -0.3 is 20.3 Å². The van der Waals surface area contributed by atoms with Crippen molar-refractivity contribution in [3.05, 3.63) is 36.5 Å². The molecule has 382 valence electrons. The van der Waals surface area contributed by atoms with Crippen molar-refractivity contribution in [2.45, 2.75) is 315 Å². The first-order valence-corrected chi connectivity index (χ1v) is 28.7. The maximum absolute atomic E-state index is 12.5. The quantitative estimate of drug-likeness (QED) is 0.0321. The molecule has 0 aliphatic carbocycles. The van der Waals surface area contributed by atoms with Crippen molar-refractivity contribution in [3.63, 3.8) is 0 Å². The first kappa shape index (κ1) is 63.1. The lowest BCUT2D eigenvalue weighted by Gasteiger charge is -2.22. The summed E-state index contributed by atoms with van der Waals surface area (Å²) in [6.07, 6.45) is 67.0. The van der Waals surface area contributed by atoms with Crippen LogP contribution >= 0.6 is 0 Å². The summed E-state index contributed by atoms with van der Waals surface area (Å²) in [6, 6.07) is -0.565. The number of hydrogen-bond donors (Lipinski definition) is 3. The molecule has 3 N–H and O–H groups in total. The van der Waals surface area contributed by atoms with Gasteiger partial charge in [0.15, 0.2) is 0 Å². The number of hydrogen-bond acceptors (Lipinski definition) is 5. The number of nitrogens with one attached hydrogen (secondary N) is 1. The van der Waals surface area contributed by atoms with Gasteiger partial charge in [-0.3, -0.25) is 9.59 Å². The van der Waals surface area contributed by atoms with Gasteiger partial charge in [0, 0.05) is 12.8 Å². The molecule has 0 aromatic rings. The van der Waals surface area contributed by atoms with Gasteiger partial charge in [0.1, 0.15) is 0 Å². The summed E-state index contributed by atoms with van der Waals surface area (Å²) in [4.78, 5) is 24.5. The van der Waals surface area contributed by atoms with E-state index in [1.807, 2.05) is 0 Å². The zero-order valence-electron chi connectivity index (χ0n) is 43.5. The molecule has 2 unspecified atom stereocenters. The van der Waals surface area contributed by atoms with Gasteiger partial charge in [0.05, 0.1) is 25.4 Å². The van der Waals surface area contributed by atoms with Crippen molar-refractivity contribution in [1.82, 2.24) is 5.32 Å². The number of carbonyl (C=O) groups excluding carboxylic acids is 2. The van der Waals surface area contributed by atoms with Crippen molar-refractivity contribution in [2.75, 3.05) is 13.2 Å². The van der Waals surface area contributed by atoms with E-state index in [2.05, 4.69) is 55.6 Å². The van der Waals surface area contributed by atoms with Gasteiger partial charge in [-0.1, -0.05) is 243 Å². The van der Waals surface area contributed by atoms with E-state index in [0.29, 0.717) is 25.9 Å². The molecular weight excluding hydrogens is 803 g/mol. The summed E-state index contributed by atoms with van der Waals surface area (Å²) in [6.45, 7) is 4.86. The fourth-order valence-electron chi connectivity index (χ4n) is 8.72. The molecule has 6 nitrogen and oxygen atoms in total. The zero-order valence-corrected chi connectivity index (χ0v) is 43.5. The standard InChI is InChI=1S/C59H111NO5/c1-3-5-7-9-11-13-15-17-19-21-22-23-24-25-26-28-31-35-39-43-47-51-57(62)56(55-61)60-58(63)52-48-44-40-36-32-30-34-38-42-46-50-54-65-59(64)53-49-45-41-37-33-29-27-20-18-16-14-12-10-8-6-4-2/h14,16,20,27,34,38,56-57,61-62H,3-13,15,17-19,21-26,28-33,35-37,39-55H2,1-2H3,(H,60,63)/b16-14-,27-20-,38-34-. The summed E-state index contributed by atoms with van der Waals surface area (Å²) in [7, 11) is 0. The number of allylic oxidation sites excluding steroid dienone is 6. The lowest BCUT2D eigenvalue weighted by molar-refractivity contribution is -0.143. The number of aliphatic hydroxyl groups is 2. The van der Waals surface area contributed by atoms with Crippen LogP contribution < -0.4 is 5.32 Å². The van der Waals surface area contributed by atoms with Crippen LogP contribution in [-0.2, 0) is 14.3 Å². The number of esters is 1. The molecule has 0 aliphatic heterocycles. The van der Waals surface area contributed by atoms with Crippen LogP contribution in [0, 0.1) is 0 Å². The topological polar surface area (TPSA) is 95.9 Å². The minimum Gasteiger partial charge on any atom is -0.466 e. The Kier molecular flexibility index (Phi) is 53.1. The van der Waals surface area contributed by atoms with E-state index in [0.717, 1.165) is 96.3 Å². The van der Waals surface area contributed by atoms with Crippen LogP contribution in [0.25, 0.3) is 0 Å². The first-order valence-electron chi connectivity index (χ1n) is 28.7.